The zero-order valence-corrected chi connectivity index (χ0v) is 18.2. The molecule has 0 unspecified atom stereocenters. The largest absolute Gasteiger partial charge is 0.338 e. The quantitative estimate of drug-likeness (QED) is 0.339. The Morgan fingerprint density at radius 2 is 1.28 bits per heavy atom. The summed E-state index contributed by atoms with van der Waals surface area (Å²) in [6.07, 6.45) is 2.98. The summed E-state index contributed by atoms with van der Waals surface area (Å²) in [7, 11) is 0. The fraction of sp³-hybridized carbons (Fsp3) is 0.172. The molecule has 1 aromatic heterocycles. The van der Waals surface area contributed by atoms with E-state index in [0.717, 1.165) is 28.8 Å². The summed E-state index contributed by atoms with van der Waals surface area (Å²) in [6.45, 7) is 1.24. The molecule has 0 aliphatic rings. The first kappa shape index (κ1) is 21.5. The Morgan fingerprint density at radius 1 is 0.719 bits per heavy atom. The van der Waals surface area contributed by atoms with Crippen molar-refractivity contribution in [1.29, 1.82) is 0 Å². The monoisotopic (exact) mass is 420 g/mol. The standard InChI is InChI=1S/C29H28N2O/c32-29(22-28(25-14-6-2-7-15-25)26-16-8-3-9-17-26)31(23-24-12-4-1-5-13-24)21-19-27-18-10-11-20-30-27/h1-18,20,28H,19,21-23H2. The van der Waals surface area contributed by atoms with Crippen molar-refractivity contribution in [3.05, 3.63) is 138 Å². The van der Waals surface area contributed by atoms with E-state index in [9.17, 15) is 4.79 Å². The Balaban J connectivity index is 1.56. The molecule has 4 rings (SSSR count). The molecule has 0 N–H and O–H groups in total. The second-order valence-electron chi connectivity index (χ2n) is 7.95. The second-order valence-corrected chi connectivity index (χ2v) is 7.95. The van der Waals surface area contributed by atoms with E-state index in [2.05, 4.69) is 41.4 Å². The van der Waals surface area contributed by atoms with Crippen molar-refractivity contribution in [2.75, 3.05) is 6.54 Å². The zero-order valence-electron chi connectivity index (χ0n) is 18.2. The molecule has 0 aliphatic carbocycles. The molecule has 0 saturated carbocycles. The minimum absolute atomic E-state index is 0.0259. The van der Waals surface area contributed by atoms with Crippen LogP contribution in [0.25, 0.3) is 0 Å². The van der Waals surface area contributed by atoms with Gasteiger partial charge in [-0.2, -0.15) is 0 Å². The number of aromatic nitrogens is 1. The van der Waals surface area contributed by atoms with Crippen LogP contribution in [0.15, 0.2) is 115 Å². The number of pyridine rings is 1. The van der Waals surface area contributed by atoms with Gasteiger partial charge in [-0.25, -0.2) is 0 Å². The summed E-state index contributed by atoms with van der Waals surface area (Å²) in [4.78, 5) is 20.0. The van der Waals surface area contributed by atoms with Crippen molar-refractivity contribution in [2.24, 2.45) is 0 Å². The first-order valence-corrected chi connectivity index (χ1v) is 11.1. The van der Waals surface area contributed by atoms with Crippen LogP contribution in [0.3, 0.4) is 0 Å². The Bertz CT molecular complexity index is 1040. The Labute approximate surface area is 190 Å². The highest BCUT2D eigenvalue weighted by Gasteiger charge is 2.22. The lowest BCUT2D eigenvalue weighted by molar-refractivity contribution is -0.132. The molecular formula is C29H28N2O. The maximum Gasteiger partial charge on any atom is 0.223 e. The van der Waals surface area contributed by atoms with E-state index in [4.69, 9.17) is 0 Å². The Hall–Kier alpha value is -3.72. The third-order valence-electron chi connectivity index (χ3n) is 5.72. The van der Waals surface area contributed by atoms with Gasteiger partial charge in [0.05, 0.1) is 0 Å². The van der Waals surface area contributed by atoms with E-state index in [1.165, 1.54) is 0 Å². The summed E-state index contributed by atoms with van der Waals surface area (Å²) < 4.78 is 0. The summed E-state index contributed by atoms with van der Waals surface area (Å²) in [5.74, 6) is 0.181. The smallest absolute Gasteiger partial charge is 0.223 e. The molecule has 0 radical (unpaired) electrons. The van der Waals surface area contributed by atoms with E-state index in [1.54, 1.807) is 6.20 Å². The fourth-order valence-corrected chi connectivity index (χ4v) is 3.99. The van der Waals surface area contributed by atoms with Crippen LogP contribution in [0.4, 0.5) is 0 Å². The highest BCUT2D eigenvalue weighted by Crippen LogP contribution is 2.29. The highest BCUT2D eigenvalue weighted by atomic mass is 16.2. The lowest BCUT2D eigenvalue weighted by Crippen LogP contribution is -2.33. The van der Waals surface area contributed by atoms with Crippen LogP contribution in [0.2, 0.25) is 0 Å². The number of benzene rings is 3. The van der Waals surface area contributed by atoms with Crippen molar-refractivity contribution in [3.63, 3.8) is 0 Å². The van der Waals surface area contributed by atoms with Gasteiger partial charge >= 0.3 is 0 Å². The molecule has 0 fully saturated rings. The van der Waals surface area contributed by atoms with Gasteiger partial charge in [-0.15, -0.1) is 0 Å². The molecule has 0 bridgehead atoms. The van der Waals surface area contributed by atoms with Gasteiger partial charge in [0.25, 0.3) is 0 Å². The Morgan fingerprint density at radius 3 is 1.84 bits per heavy atom. The van der Waals surface area contributed by atoms with Crippen LogP contribution in [0.5, 0.6) is 0 Å². The van der Waals surface area contributed by atoms with E-state index < -0.39 is 0 Å². The van der Waals surface area contributed by atoms with Crippen molar-refractivity contribution in [1.82, 2.24) is 9.88 Å². The molecular weight excluding hydrogens is 392 g/mol. The molecule has 160 valence electrons. The summed E-state index contributed by atoms with van der Waals surface area (Å²) >= 11 is 0. The van der Waals surface area contributed by atoms with Crippen molar-refractivity contribution >= 4 is 5.91 Å². The molecule has 32 heavy (non-hydrogen) atoms. The minimum atomic E-state index is 0.0259. The molecule has 4 aromatic rings. The van der Waals surface area contributed by atoms with E-state index >= 15 is 0 Å². The molecule has 3 nitrogen and oxygen atoms in total. The molecule has 0 atom stereocenters. The number of nitrogens with zero attached hydrogens (tertiary/aromatic N) is 2. The van der Waals surface area contributed by atoms with Gasteiger partial charge in [0.1, 0.15) is 0 Å². The van der Waals surface area contributed by atoms with Gasteiger partial charge < -0.3 is 4.90 Å². The average molecular weight is 421 g/mol. The normalized spacial score (nSPS) is 10.8. The van der Waals surface area contributed by atoms with E-state index in [1.807, 2.05) is 77.7 Å². The summed E-state index contributed by atoms with van der Waals surface area (Å²) in [6, 6.07) is 36.8. The van der Waals surface area contributed by atoms with Crippen LogP contribution < -0.4 is 0 Å². The number of hydrogen-bond donors (Lipinski definition) is 0. The van der Waals surface area contributed by atoms with Gasteiger partial charge in [-0.3, -0.25) is 9.78 Å². The number of hydrogen-bond acceptors (Lipinski definition) is 2. The maximum absolute atomic E-state index is 13.6. The van der Waals surface area contributed by atoms with Crippen molar-refractivity contribution in [2.45, 2.75) is 25.3 Å². The molecule has 0 saturated heterocycles. The van der Waals surface area contributed by atoms with Gasteiger partial charge in [0.2, 0.25) is 5.91 Å². The highest BCUT2D eigenvalue weighted by molar-refractivity contribution is 5.78. The number of carbonyl (C=O) groups is 1. The molecule has 0 spiro atoms. The number of amides is 1. The van der Waals surface area contributed by atoms with Gasteiger partial charge in [-0.05, 0) is 28.8 Å². The summed E-state index contributed by atoms with van der Waals surface area (Å²) in [5.41, 5.74) is 4.46. The number of rotatable bonds is 9. The zero-order chi connectivity index (χ0) is 22.0. The van der Waals surface area contributed by atoms with Gasteiger partial charge in [0.15, 0.2) is 0 Å². The van der Waals surface area contributed by atoms with Gasteiger partial charge in [0, 0.05) is 43.7 Å². The van der Waals surface area contributed by atoms with Crippen LogP contribution >= 0.6 is 0 Å². The summed E-state index contributed by atoms with van der Waals surface area (Å²) in [5, 5.41) is 0. The van der Waals surface area contributed by atoms with Gasteiger partial charge in [-0.1, -0.05) is 97.1 Å². The Kier molecular flexibility index (Phi) is 7.43. The van der Waals surface area contributed by atoms with Crippen LogP contribution in [-0.2, 0) is 17.8 Å². The first-order valence-electron chi connectivity index (χ1n) is 11.1. The first-order chi connectivity index (χ1) is 15.8. The van der Waals surface area contributed by atoms with Crippen LogP contribution in [-0.4, -0.2) is 22.3 Å². The van der Waals surface area contributed by atoms with E-state index in [-0.39, 0.29) is 11.8 Å². The molecule has 0 aliphatic heterocycles. The molecule has 3 heteroatoms. The van der Waals surface area contributed by atoms with Crippen LogP contribution in [0, 0.1) is 0 Å². The lowest BCUT2D eigenvalue weighted by Gasteiger charge is -2.26. The minimum Gasteiger partial charge on any atom is -0.338 e. The SMILES string of the molecule is O=C(CC(c1ccccc1)c1ccccc1)N(CCc1ccccn1)Cc1ccccc1. The van der Waals surface area contributed by atoms with Crippen molar-refractivity contribution in [3.8, 4) is 0 Å². The predicted molar refractivity (Wildman–Crippen MR) is 129 cm³/mol. The third kappa shape index (κ3) is 5.92. The second kappa shape index (κ2) is 11.1. The van der Waals surface area contributed by atoms with E-state index in [0.29, 0.717) is 19.5 Å². The topological polar surface area (TPSA) is 33.2 Å². The molecule has 1 heterocycles. The maximum atomic E-state index is 13.6. The average Bonchev–Trinajstić information content (AvgIpc) is 2.87. The van der Waals surface area contributed by atoms with Crippen molar-refractivity contribution < 1.29 is 4.79 Å². The van der Waals surface area contributed by atoms with Crippen LogP contribution in [0.1, 0.15) is 34.7 Å². The fourth-order valence-electron chi connectivity index (χ4n) is 3.99. The molecule has 1 amide bonds. The number of carbonyl (C=O) groups excluding carboxylic acids is 1. The lowest BCUT2D eigenvalue weighted by atomic mass is 9.88. The predicted octanol–water partition coefficient (Wildman–Crippen LogP) is 5.88. The molecule has 3 aromatic carbocycles. The third-order valence-corrected chi connectivity index (χ3v) is 5.72.